The summed E-state index contributed by atoms with van der Waals surface area (Å²) >= 11 is 3.40. The first-order chi connectivity index (χ1) is 10.4. The van der Waals surface area contributed by atoms with Crippen LogP contribution in [0.2, 0.25) is 0 Å². The van der Waals surface area contributed by atoms with E-state index >= 15 is 0 Å². The van der Waals surface area contributed by atoms with Gasteiger partial charge in [-0.15, -0.1) is 0 Å². The molecule has 0 saturated carbocycles. The third-order valence-electron chi connectivity index (χ3n) is 3.16. The van der Waals surface area contributed by atoms with Crippen molar-refractivity contribution >= 4 is 44.7 Å². The summed E-state index contributed by atoms with van der Waals surface area (Å²) in [4.78, 5) is 24.5. The fraction of sp³-hybridized carbons (Fsp3) is 0.357. The van der Waals surface area contributed by atoms with Crippen molar-refractivity contribution in [3.05, 3.63) is 22.7 Å². The van der Waals surface area contributed by atoms with Crippen molar-refractivity contribution in [1.82, 2.24) is 9.78 Å². The molecule has 8 heteroatoms. The minimum absolute atomic E-state index is 0.0609. The number of fused-ring (bicyclic) bond motifs is 1. The summed E-state index contributed by atoms with van der Waals surface area (Å²) in [6.45, 7) is 2.15. The van der Waals surface area contributed by atoms with Crippen LogP contribution >= 0.6 is 15.9 Å². The van der Waals surface area contributed by atoms with Gasteiger partial charge in [0.1, 0.15) is 0 Å². The van der Waals surface area contributed by atoms with Gasteiger partial charge in [0.05, 0.1) is 18.5 Å². The molecule has 118 valence electrons. The van der Waals surface area contributed by atoms with Crippen molar-refractivity contribution in [1.29, 1.82) is 0 Å². The van der Waals surface area contributed by atoms with E-state index in [1.807, 2.05) is 18.2 Å². The fourth-order valence-corrected chi connectivity index (χ4v) is 2.52. The Morgan fingerprint density at radius 3 is 2.82 bits per heavy atom. The van der Waals surface area contributed by atoms with Gasteiger partial charge in [-0.1, -0.05) is 15.9 Å². The van der Waals surface area contributed by atoms with Gasteiger partial charge in [-0.2, -0.15) is 5.10 Å². The SMILES string of the molecule is CCOC(=O)CCN(C(N)=O)c1nn(C)c2cc(Br)ccc12. The Bertz CT molecular complexity index is 713. The molecule has 0 radical (unpaired) electrons. The summed E-state index contributed by atoms with van der Waals surface area (Å²) in [6, 6.07) is 4.95. The number of benzene rings is 1. The van der Waals surface area contributed by atoms with Gasteiger partial charge < -0.3 is 10.5 Å². The highest BCUT2D eigenvalue weighted by Crippen LogP contribution is 2.28. The molecule has 2 rings (SSSR count). The summed E-state index contributed by atoms with van der Waals surface area (Å²) in [5, 5.41) is 5.13. The maximum atomic E-state index is 11.7. The standard InChI is InChI=1S/C14H17BrN4O3/c1-3-22-12(20)6-7-19(14(16)21)13-10-5-4-9(15)8-11(10)18(2)17-13/h4-5,8H,3,6-7H2,1-2H3,(H2,16,21). The maximum Gasteiger partial charge on any atom is 0.320 e. The average molecular weight is 369 g/mol. The van der Waals surface area contributed by atoms with Gasteiger partial charge in [-0.25, -0.2) is 4.79 Å². The Morgan fingerprint density at radius 1 is 1.45 bits per heavy atom. The van der Waals surface area contributed by atoms with E-state index < -0.39 is 6.03 Å². The Kier molecular flexibility index (Phi) is 5.02. The van der Waals surface area contributed by atoms with Crippen LogP contribution in [-0.2, 0) is 16.6 Å². The molecule has 2 amide bonds. The summed E-state index contributed by atoms with van der Waals surface area (Å²) < 4.78 is 7.44. The molecular weight excluding hydrogens is 352 g/mol. The van der Waals surface area contributed by atoms with Crippen LogP contribution in [0.3, 0.4) is 0 Å². The van der Waals surface area contributed by atoms with Gasteiger partial charge in [-0.3, -0.25) is 14.4 Å². The summed E-state index contributed by atoms with van der Waals surface area (Å²) in [5.41, 5.74) is 6.29. The van der Waals surface area contributed by atoms with Crippen LogP contribution in [0.25, 0.3) is 10.9 Å². The maximum absolute atomic E-state index is 11.7. The van der Waals surface area contributed by atoms with E-state index in [4.69, 9.17) is 10.5 Å². The van der Waals surface area contributed by atoms with Gasteiger partial charge in [0.2, 0.25) is 0 Å². The summed E-state index contributed by atoms with van der Waals surface area (Å²) in [5.74, 6) is 0.0542. The quantitative estimate of drug-likeness (QED) is 0.818. The minimum atomic E-state index is -0.660. The number of nitrogens with zero attached hydrogens (tertiary/aromatic N) is 3. The van der Waals surface area contributed by atoms with Crippen LogP contribution in [0.1, 0.15) is 13.3 Å². The van der Waals surface area contributed by atoms with Crippen LogP contribution in [-0.4, -0.2) is 34.9 Å². The van der Waals surface area contributed by atoms with Gasteiger partial charge in [0.25, 0.3) is 0 Å². The van der Waals surface area contributed by atoms with Crippen molar-refractivity contribution in [3.8, 4) is 0 Å². The van der Waals surface area contributed by atoms with E-state index in [9.17, 15) is 9.59 Å². The predicted octanol–water partition coefficient (Wildman–Crippen LogP) is 2.17. The lowest BCUT2D eigenvalue weighted by Crippen LogP contribution is -2.38. The number of rotatable bonds is 5. The molecule has 2 N–H and O–H groups in total. The Labute approximate surface area is 136 Å². The number of nitrogens with two attached hydrogens (primary N) is 1. The molecule has 0 fully saturated rings. The van der Waals surface area contributed by atoms with Gasteiger partial charge in [0.15, 0.2) is 5.82 Å². The van der Waals surface area contributed by atoms with E-state index in [2.05, 4.69) is 21.0 Å². The molecule has 7 nitrogen and oxygen atoms in total. The molecule has 0 aliphatic rings. The number of aryl methyl sites for hydroxylation is 1. The number of hydrogen-bond acceptors (Lipinski definition) is 4. The Hall–Kier alpha value is -2.09. The molecule has 0 spiro atoms. The molecular formula is C14H17BrN4O3. The molecule has 0 bridgehead atoms. The lowest BCUT2D eigenvalue weighted by Gasteiger charge is -2.17. The number of carbonyl (C=O) groups excluding carboxylic acids is 2. The van der Waals surface area contributed by atoms with Gasteiger partial charge in [-0.05, 0) is 25.1 Å². The fourth-order valence-electron chi connectivity index (χ4n) is 2.17. The molecule has 2 aromatic rings. The van der Waals surface area contributed by atoms with E-state index in [0.717, 1.165) is 15.4 Å². The highest BCUT2D eigenvalue weighted by atomic mass is 79.9. The minimum Gasteiger partial charge on any atom is -0.466 e. The third-order valence-corrected chi connectivity index (χ3v) is 3.65. The second-order valence-electron chi connectivity index (χ2n) is 4.65. The van der Waals surface area contributed by atoms with Gasteiger partial charge in [0, 0.05) is 23.5 Å². The number of amides is 2. The zero-order valence-corrected chi connectivity index (χ0v) is 14.0. The van der Waals surface area contributed by atoms with Crippen molar-refractivity contribution in [2.24, 2.45) is 12.8 Å². The first kappa shape index (κ1) is 16.3. The second-order valence-corrected chi connectivity index (χ2v) is 5.57. The average Bonchev–Trinajstić information content (AvgIpc) is 2.76. The van der Waals surface area contributed by atoms with E-state index in [1.165, 1.54) is 4.90 Å². The zero-order valence-electron chi connectivity index (χ0n) is 12.4. The molecule has 0 aliphatic carbocycles. The number of ether oxygens (including phenoxy) is 1. The molecule has 22 heavy (non-hydrogen) atoms. The van der Waals surface area contributed by atoms with E-state index in [-0.39, 0.29) is 18.9 Å². The molecule has 1 heterocycles. The van der Waals surface area contributed by atoms with Crippen LogP contribution in [0.15, 0.2) is 22.7 Å². The third kappa shape index (κ3) is 3.38. The number of primary amides is 1. The zero-order chi connectivity index (χ0) is 16.3. The second kappa shape index (κ2) is 6.78. The van der Waals surface area contributed by atoms with Crippen LogP contribution in [0.5, 0.6) is 0 Å². The van der Waals surface area contributed by atoms with E-state index in [1.54, 1.807) is 18.7 Å². The number of hydrogen-bond donors (Lipinski definition) is 1. The highest BCUT2D eigenvalue weighted by Gasteiger charge is 2.21. The summed E-state index contributed by atoms with van der Waals surface area (Å²) in [6.07, 6.45) is 0.0609. The number of aromatic nitrogens is 2. The number of esters is 1. The normalized spacial score (nSPS) is 10.7. The number of halogens is 1. The highest BCUT2D eigenvalue weighted by molar-refractivity contribution is 9.10. The monoisotopic (exact) mass is 368 g/mol. The largest absolute Gasteiger partial charge is 0.466 e. The molecule has 0 aliphatic heterocycles. The Balaban J connectivity index is 2.33. The number of carbonyl (C=O) groups is 2. The van der Waals surface area contributed by atoms with Crippen molar-refractivity contribution in [3.63, 3.8) is 0 Å². The van der Waals surface area contributed by atoms with Crippen LogP contribution < -0.4 is 10.6 Å². The lowest BCUT2D eigenvalue weighted by molar-refractivity contribution is -0.142. The number of anilines is 1. The molecule has 0 saturated heterocycles. The molecule has 1 aromatic heterocycles. The van der Waals surface area contributed by atoms with Gasteiger partial charge >= 0.3 is 12.0 Å². The first-order valence-corrected chi connectivity index (χ1v) is 7.58. The first-order valence-electron chi connectivity index (χ1n) is 6.79. The predicted molar refractivity (Wildman–Crippen MR) is 86.6 cm³/mol. The Morgan fingerprint density at radius 2 is 2.18 bits per heavy atom. The summed E-state index contributed by atoms with van der Waals surface area (Å²) in [7, 11) is 1.78. The molecule has 1 aromatic carbocycles. The van der Waals surface area contributed by atoms with Crippen LogP contribution in [0, 0.1) is 0 Å². The van der Waals surface area contributed by atoms with E-state index in [0.29, 0.717) is 12.4 Å². The van der Waals surface area contributed by atoms with Crippen molar-refractivity contribution in [2.75, 3.05) is 18.1 Å². The smallest absolute Gasteiger partial charge is 0.320 e. The van der Waals surface area contributed by atoms with Crippen molar-refractivity contribution in [2.45, 2.75) is 13.3 Å². The number of urea groups is 1. The van der Waals surface area contributed by atoms with Crippen molar-refractivity contribution < 1.29 is 14.3 Å². The van der Waals surface area contributed by atoms with Crippen LogP contribution in [0.4, 0.5) is 10.6 Å². The molecule has 0 atom stereocenters. The lowest BCUT2D eigenvalue weighted by atomic mass is 10.2. The molecule has 0 unspecified atom stereocenters. The topological polar surface area (TPSA) is 90.4 Å².